The van der Waals surface area contributed by atoms with Gasteiger partial charge in [0.15, 0.2) is 0 Å². The molecule has 0 bridgehead atoms. The molecule has 110 valence electrons. The van der Waals surface area contributed by atoms with Crippen molar-refractivity contribution < 1.29 is 13.9 Å². The van der Waals surface area contributed by atoms with E-state index in [2.05, 4.69) is 0 Å². The molecule has 0 aliphatic rings. The maximum absolute atomic E-state index is 12.7. The highest BCUT2D eigenvalue weighted by molar-refractivity contribution is 5.98. The molecule has 0 aromatic heterocycles. The number of hydrogen-bond donors (Lipinski definition) is 1. The van der Waals surface area contributed by atoms with Gasteiger partial charge in [0, 0.05) is 12.7 Å². The fourth-order valence-corrected chi connectivity index (χ4v) is 1.83. The Morgan fingerprint density at radius 2 is 1.86 bits per heavy atom. The summed E-state index contributed by atoms with van der Waals surface area (Å²) in [7, 11) is 1.68. The second kappa shape index (κ2) is 6.74. The number of anilines is 1. The lowest BCUT2D eigenvalue weighted by molar-refractivity contribution is 0.0775. The zero-order valence-electron chi connectivity index (χ0n) is 11.8. The molecule has 1 amide bonds. The number of hydrogen-bond acceptors (Lipinski definition) is 3. The van der Waals surface area contributed by atoms with Gasteiger partial charge in [-0.3, -0.25) is 4.79 Å². The number of amides is 1. The highest BCUT2D eigenvalue weighted by Crippen LogP contribution is 2.13. The smallest absolute Gasteiger partial charge is 0.255 e. The van der Waals surface area contributed by atoms with Gasteiger partial charge in [0.25, 0.3) is 5.91 Å². The van der Waals surface area contributed by atoms with Crippen LogP contribution >= 0.6 is 0 Å². The molecular formula is C16H17FN2O2. The number of rotatable bonds is 5. The average molecular weight is 288 g/mol. The van der Waals surface area contributed by atoms with Crippen molar-refractivity contribution in [1.82, 2.24) is 4.90 Å². The van der Waals surface area contributed by atoms with Crippen molar-refractivity contribution in [2.45, 2.75) is 0 Å². The number of halogens is 1. The van der Waals surface area contributed by atoms with Crippen molar-refractivity contribution in [3.8, 4) is 5.75 Å². The molecular weight excluding hydrogens is 271 g/mol. The minimum atomic E-state index is -0.311. The van der Waals surface area contributed by atoms with Gasteiger partial charge >= 0.3 is 0 Å². The van der Waals surface area contributed by atoms with E-state index < -0.39 is 0 Å². The SMILES string of the molecule is CN(CCOc1ccc(F)cc1)C(=O)c1ccccc1N. The second-order valence-electron chi connectivity index (χ2n) is 4.62. The van der Waals surface area contributed by atoms with Crippen LogP contribution in [0.3, 0.4) is 0 Å². The molecule has 0 radical (unpaired) electrons. The van der Waals surface area contributed by atoms with Gasteiger partial charge < -0.3 is 15.4 Å². The van der Waals surface area contributed by atoms with Crippen LogP contribution in [-0.4, -0.2) is 31.0 Å². The topological polar surface area (TPSA) is 55.6 Å². The largest absolute Gasteiger partial charge is 0.492 e. The third kappa shape index (κ3) is 3.95. The average Bonchev–Trinajstić information content (AvgIpc) is 2.49. The Bertz CT molecular complexity index is 614. The molecule has 0 aliphatic carbocycles. The number of nitrogens with zero attached hydrogens (tertiary/aromatic N) is 1. The predicted octanol–water partition coefficient (Wildman–Crippen LogP) is 2.56. The van der Waals surface area contributed by atoms with Crippen molar-refractivity contribution in [1.29, 1.82) is 0 Å². The third-order valence-electron chi connectivity index (χ3n) is 3.05. The number of likely N-dealkylation sites (N-methyl/N-ethyl adjacent to an activating group) is 1. The Balaban J connectivity index is 1.87. The van der Waals surface area contributed by atoms with Crippen LogP contribution in [0.5, 0.6) is 5.75 Å². The summed E-state index contributed by atoms with van der Waals surface area (Å²) >= 11 is 0. The molecule has 0 saturated carbocycles. The molecule has 21 heavy (non-hydrogen) atoms. The zero-order valence-corrected chi connectivity index (χ0v) is 11.8. The lowest BCUT2D eigenvalue weighted by Crippen LogP contribution is -2.31. The molecule has 0 unspecified atom stereocenters. The quantitative estimate of drug-likeness (QED) is 0.860. The Kier molecular flexibility index (Phi) is 4.77. The van der Waals surface area contributed by atoms with E-state index in [9.17, 15) is 9.18 Å². The first-order valence-corrected chi connectivity index (χ1v) is 6.56. The van der Waals surface area contributed by atoms with Crippen LogP contribution in [0.25, 0.3) is 0 Å². The molecule has 5 heteroatoms. The van der Waals surface area contributed by atoms with Crippen molar-refractivity contribution in [2.75, 3.05) is 25.9 Å². The third-order valence-corrected chi connectivity index (χ3v) is 3.05. The Morgan fingerprint density at radius 3 is 2.52 bits per heavy atom. The maximum atomic E-state index is 12.7. The van der Waals surface area contributed by atoms with E-state index in [0.29, 0.717) is 30.2 Å². The standard InChI is InChI=1S/C16H17FN2O2/c1-19(16(20)14-4-2-3-5-15(14)18)10-11-21-13-8-6-12(17)7-9-13/h2-9H,10-11,18H2,1H3. The zero-order chi connectivity index (χ0) is 15.2. The summed E-state index contributed by atoms with van der Waals surface area (Å²) in [5.74, 6) is 0.0986. The van der Waals surface area contributed by atoms with Crippen molar-refractivity contribution in [2.24, 2.45) is 0 Å². The molecule has 2 aromatic rings. The van der Waals surface area contributed by atoms with E-state index in [-0.39, 0.29) is 11.7 Å². The van der Waals surface area contributed by atoms with Crippen LogP contribution in [0.2, 0.25) is 0 Å². The van der Waals surface area contributed by atoms with Gasteiger partial charge in [0.05, 0.1) is 12.1 Å². The minimum Gasteiger partial charge on any atom is -0.492 e. The number of benzene rings is 2. The van der Waals surface area contributed by atoms with Crippen LogP contribution in [-0.2, 0) is 0 Å². The maximum Gasteiger partial charge on any atom is 0.255 e. The number of carbonyl (C=O) groups excluding carboxylic acids is 1. The summed E-state index contributed by atoms with van der Waals surface area (Å²) in [5, 5.41) is 0. The van der Waals surface area contributed by atoms with Crippen molar-refractivity contribution in [3.05, 3.63) is 59.9 Å². The van der Waals surface area contributed by atoms with E-state index >= 15 is 0 Å². The highest BCUT2D eigenvalue weighted by Gasteiger charge is 2.13. The number of para-hydroxylation sites is 1. The summed E-state index contributed by atoms with van der Waals surface area (Å²) in [4.78, 5) is 13.7. The summed E-state index contributed by atoms with van der Waals surface area (Å²) in [6, 6.07) is 12.7. The molecule has 4 nitrogen and oxygen atoms in total. The summed E-state index contributed by atoms with van der Waals surface area (Å²) in [5.41, 5.74) is 6.71. The molecule has 0 saturated heterocycles. The van der Waals surface area contributed by atoms with Gasteiger partial charge in [0.1, 0.15) is 18.2 Å². The molecule has 2 aromatic carbocycles. The molecule has 0 aliphatic heterocycles. The molecule has 2 N–H and O–H groups in total. The van der Waals surface area contributed by atoms with Crippen LogP contribution in [0.4, 0.5) is 10.1 Å². The normalized spacial score (nSPS) is 10.2. The number of nitrogen functional groups attached to an aromatic ring is 1. The van der Waals surface area contributed by atoms with E-state index in [1.165, 1.54) is 17.0 Å². The first-order chi connectivity index (χ1) is 10.1. The van der Waals surface area contributed by atoms with Crippen LogP contribution in [0.1, 0.15) is 10.4 Å². The molecule has 0 heterocycles. The fraction of sp³-hybridized carbons (Fsp3) is 0.188. The van der Waals surface area contributed by atoms with Gasteiger partial charge in [-0.2, -0.15) is 0 Å². The van der Waals surface area contributed by atoms with E-state index in [1.54, 1.807) is 43.4 Å². The van der Waals surface area contributed by atoms with E-state index in [1.807, 2.05) is 0 Å². The van der Waals surface area contributed by atoms with Gasteiger partial charge in [-0.1, -0.05) is 12.1 Å². The lowest BCUT2D eigenvalue weighted by atomic mass is 10.1. The first kappa shape index (κ1) is 14.8. The Morgan fingerprint density at radius 1 is 1.19 bits per heavy atom. The van der Waals surface area contributed by atoms with E-state index in [4.69, 9.17) is 10.5 Å². The summed E-state index contributed by atoms with van der Waals surface area (Å²) in [6.07, 6.45) is 0. The number of ether oxygens (including phenoxy) is 1. The van der Waals surface area contributed by atoms with Gasteiger partial charge in [-0.15, -0.1) is 0 Å². The fourth-order valence-electron chi connectivity index (χ4n) is 1.83. The van der Waals surface area contributed by atoms with Gasteiger partial charge in [-0.25, -0.2) is 4.39 Å². The lowest BCUT2D eigenvalue weighted by Gasteiger charge is -2.18. The number of nitrogens with two attached hydrogens (primary N) is 1. The summed E-state index contributed by atoms with van der Waals surface area (Å²) < 4.78 is 18.2. The van der Waals surface area contributed by atoms with Gasteiger partial charge in [0.2, 0.25) is 0 Å². The monoisotopic (exact) mass is 288 g/mol. The molecule has 0 spiro atoms. The second-order valence-corrected chi connectivity index (χ2v) is 4.62. The Hall–Kier alpha value is -2.56. The van der Waals surface area contributed by atoms with Crippen LogP contribution in [0, 0.1) is 5.82 Å². The highest BCUT2D eigenvalue weighted by atomic mass is 19.1. The van der Waals surface area contributed by atoms with Crippen molar-refractivity contribution in [3.63, 3.8) is 0 Å². The van der Waals surface area contributed by atoms with Crippen LogP contribution in [0.15, 0.2) is 48.5 Å². The Labute approximate surface area is 122 Å². The molecule has 0 fully saturated rings. The first-order valence-electron chi connectivity index (χ1n) is 6.56. The molecule has 0 atom stereocenters. The van der Waals surface area contributed by atoms with Crippen LogP contribution < -0.4 is 10.5 Å². The van der Waals surface area contributed by atoms with Gasteiger partial charge in [-0.05, 0) is 36.4 Å². The van der Waals surface area contributed by atoms with Crippen molar-refractivity contribution >= 4 is 11.6 Å². The number of carbonyl (C=O) groups is 1. The summed E-state index contributed by atoms with van der Waals surface area (Å²) in [6.45, 7) is 0.727. The minimum absolute atomic E-state index is 0.157. The predicted molar refractivity (Wildman–Crippen MR) is 79.7 cm³/mol. The van der Waals surface area contributed by atoms with E-state index in [0.717, 1.165) is 0 Å². The molecule has 2 rings (SSSR count).